The Labute approximate surface area is 147 Å². The minimum absolute atomic E-state index is 0.514. The number of pyridine rings is 1. The van der Waals surface area contributed by atoms with Crippen molar-refractivity contribution in [2.75, 3.05) is 0 Å². The van der Waals surface area contributed by atoms with E-state index in [9.17, 15) is 0 Å². The molecule has 4 heteroatoms. The Kier molecular flexibility index (Phi) is 5.83. The number of nitrogens with one attached hydrogen (secondary N) is 1. The topological polar surface area (TPSA) is 34.1 Å². The van der Waals surface area contributed by atoms with Gasteiger partial charge in [-0.05, 0) is 53.1 Å². The van der Waals surface area contributed by atoms with Gasteiger partial charge in [0.2, 0.25) is 0 Å². The summed E-state index contributed by atoms with van der Waals surface area (Å²) < 4.78 is 5.79. The fourth-order valence-corrected chi connectivity index (χ4v) is 2.56. The lowest BCUT2D eigenvalue weighted by molar-refractivity contribution is 0.306. The van der Waals surface area contributed by atoms with Crippen LogP contribution in [0, 0.1) is 0 Å². The van der Waals surface area contributed by atoms with Crippen molar-refractivity contribution < 1.29 is 4.74 Å². The summed E-state index contributed by atoms with van der Waals surface area (Å²) in [6, 6.07) is 19.9. The van der Waals surface area contributed by atoms with Crippen LogP contribution in [0.5, 0.6) is 5.75 Å². The molecule has 0 aliphatic rings. The number of hydrogen-bond donors (Lipinski definition) is 1. The van der Waals surface area contributed by atoms with Gasteiger partial charge in [0.15, 0.2) is 0 Å². The second-order valence-corrected chi connectivity index (χ2v) is 5.96. The minimum atomic E-state index is 0.514. The first-order valence-corrected chi connectivity index (χ1v) is 8.23. The van der Waals surface area contributed by atoms with Crippen molar-refractivity contribution in [2.24, 2.45) is 0 Å². The molecule has 0 saturated heterocycles. The van der Waals surface area contributed by atoms with Crippen LogP contribution in [0.2, 0.25) is 5.02 Å². The molecule has 0 spiro atoms. The van der Waals surface area contributed by atoms with Crippen molar-refractivity contribution in [1.29, 1.82) is 0 Å². The van der Waals surface area contributed by atoms with E-state index >= 15 is 0 Å². The van der Waals surface area contributed by atoms with Gasteiger partial charge in [-0.2, -0.15) is 0 Å². The molecular formula is C20H19ClN2O. The number of halogens is 1. The van der Waals surface area contributed by atoms with Gasteiger partial charge in [-0.15, -0.1) is 0 Å². The monoisotopic (exact) mass is 338 g/mol. The highest BCUT2D eigenvalue weighted by Crippen LogP contribution is 2.16. The van der Waals surface area contributed by atoms with E-state index in [1.165, 1.54) is 11.1 Å². The predicted octanol–water partition coefficient (Wildman–Crippen LogP) is 4.60. The van der Waals surface area contributed by atoms with Crippen LogP contribution in [0.1, 0.15) is 16.7 Å². The van der Waals surface area contributed by atoms with Gasteiger partial charge >= 0.3 is 0 Å². The Morgan fingerprint density at radius 1 is 0.833 bits per heavy atom. The van der Waals surface area contributed by atoms with Crippen LogP contribution >= 0.6 is 11.6 Å². The number of rotatable bonds is 7. The van der Waals surface area contributed by atoms with Crippen molar-refractivity contribution in [1.82, 2.24) is 10.3 Å². The highest BCUT2D eigenvalue weighted by atomic mass is 35.5. The number of hydrogen-bond acceptors (Lipinski definition) is 3. The molecule has 3 aromatic rings. The molecule has 3 rings (SSSR count). The van der Waals surface area contributed by atoms with E-state index in [1.807, 2.05) is 60.9 Å². The molecule has 1 heterocycles. The summed E-state index contributed by atoms with van der Waals surface area (Å²) in [4.78, 5) is 4.02. The molecule has 0 aliphatic heterocycles. The molecule has 0 radical (unpaired) electrons. The lowest BCUT2D eigenvalue weighted by Gasteiger charge is -2.08. The van der Waals surface area contributed by atoms with Gasteiger partial charge in [-0.3, -0.25) is 4.98 Å². The second-order valence-electron chi connectivity index (χ2n) is 5.52. The van der Waals surface area contributed by atoms with Gasteiger partial charge in [-0.1, -0.05) is 35.9 Å². The summed E-state index contributed by atoms with van der Waals surface area (Å²) >= 11 is 5.97. The average Bonchev–Trinajstić information content (AvgIpc) is 2.62. The van der Waals surface area contributed by atoms with Gasteiger partial charge < -0.3 is 10.1 Å². The molecular weight excluding hydrogens is 320 g/mol. The molecule has 0 bridgehead atoms. The van der Waals surface area contributed by atoms with Crippen LogP contribution in [0.4, 0.5) is 0 Å². The quantitative estimate of drug-likeness (QED) is 0.683. The number of benzene rings is 2. The molecule has 122 valence electrons. The van der Waals surface area contributed by atoms with Crippen LogP contribution in [-0.4, -0.2) is 4.98 Å². The zero-order valence-corrected chi connectivity index (χ0v) is 14.0. The van der Waals surface area contributed by atoms with Crippen molar-refractivity contribution in [2.45, 2.75) is 19.7 Å². The Morgan fingerprint density at radius 3 is 2.25 bits per heavy atom. The largest absolute Gasteiger partial charge is 0.489 e. The Morgan fingerprint density at radius 2 is 1.54 bits per heavy atom. The molecule has 24 heavy (non-hydrogen) atoms. The molecule has 2 aromatic carbocycles. The lowest BCUT2D eigenvalue weighted by atomic mass is 10.2. The molecule has 0 aliphatic carbocycles. The molecule has 0 unspecified atom stereocenters. The zero-order valence-electron chi connectivity index (χ0n) is 13.3. The highest BCUT2D eigenvalue weighted by Gasteiger charge is 1.99. The third-order valence-corrected chi connectivity index (χ3v) is 3.86. The van der Waals surface area contributed by atoms with Crippen molar-refractivity contribution in [3.05, 3.63) is 94.8 Å². The standard InChI is InChI=1S/C20H19ClN2O/c21-19-3-1-2-18(12-19)15-24-20-6-4-16(5-7-20)13-23-14-17-8-10-22-11-9-17/h1-12,23H,13-15H2. The van der Waals surface area contributed by atoms with E-state index in [0.717, 1.165) is 29.4 Å². The third-order valence-electron chi connectivity index (χ3n) is 3.63. The molecule has 1 aromatic heterocycles. The predicted molar refractivity (Wildman–Crippen MR) is 97.0 cm³/mol. The summed E-state index contributed by atoms with van der Waals surface area (Å²) in [6.07, 6.45) is 3.62. The molecule has 0 fully saturated rings. The Hall–Kier alpha value is -2.36. The lowest BCUT2D eigenvalue weighted by Crippen LogP contribution is -2.12. The van der Waals surface area contributed by atoms with Crippen LogP contribution in [0.3, 0.4) is 0 Å². The van der Waals surface area contributed by atoms with E-state index in [2.05, 4.69) is 22.4 Å². The molecule has 3 nitrogen and oxygen atoms in total. The number of nitrogens with zero attached hydrogens (tertiary/aromatic N) is 1. The SMILES string of the molecule is Clc1cccc(COc2ccc(CNCc3ccncc3)cc2)c1. The number of ether oxygens (including phenoxy) is 1. The van der Waals surface area contributed by atoms with Gasteiger partial charge in [0.1, 0.15) is 12.4 Å². The summed E-state index contributed by atoms with van der Waals surface area (Å²) in [5, 5.41) is 4.15. The molecule has 0 atom stereocenters. The van der Waals surface area contributed by atoms with E-state index in [-0.39, 0.29) is 0 Å². The summed E-state index contributed by atoms with van der Waals surface area (Å²) in [6.45, 7) is 2.16. The van der Waals surface area contributed by atoms with E-state index in [1.54, 1.807) is 0 Å². The fraction of sp³-hybridized carbons (Fsp3) is 0.150. The molecule has 0 saturated carbocycles. The average molecular weight is 339 g/mol. The first-order chi connectivity index (χ1) is 11.8. The van der Waals surface area contributed by atoms with Crippen LogP contribution in [0.25, 0.3) is 0 Å². The second kappa shape index (κ2) is 8.48. The maximum absolute atomic E-state index is 5.97. The normalized spacial score (nSPS) is 10.5. The fourth-order valence-electron chi connectivity index (χ4n) is 2.35. The molecule has 1 N–H and O–H groups in total. The summed E-state index contributed by atoms with van der Waals surface area (Å²) in [5.74, 6) is 0.854. The van der Waals surface area contributed by atoms with Crippen LogP contribution in [0.15, 0.2) is 73.1 Å². The van der Waals surface area contributed by atoms with E-state index in [0.29, 0.717) is 6.61 Å². The Bertz CT molecular complexity index is 760. The van der Waals surface area contributed by atoms with E-state index < -0.39 is 0 Å². The molecule has 0 amide bonds. The summed E-state index contributed by atoms with van der Waals surface area (Å²) in [7, 11) is 0. The first-order valence-electron chi connectivity index (χ1n) is 7.85. The number of aromatic nitrogens is 1. The van der Waals surface area contributed by atoms with Gasteiger partial charge in [0.05, 0.1) is 0 Å². The van der Waals surface area contributed by atoms with Crippen molar-refractivity contribution in [3.63, 3.8) is 0 Å². The van der Waals surface area contributed by atoms with Crippen molar-refractivity contribution >= 4 is 11.6 Å². The van der Waals surface area contributed by atoms with Gasteiger partial charge in [-0.25, -0.2) is 0 Å². The Balaban J connectivity index is 1.46. The minimum Gasteiger partial charge on any atom is -0.489 e. The van der Waals surface area contributed by atoms with Crippen LogP contribution < -0.4 is 10.1 Å². The maximum Gasteiger partial charge on any atom is 0.119 e. The summed E-state index contributed by atoms with van der Waals surface area (Å²) in [5.41, 5.74) is 3.51. The zero-order chi connectivity index (χ0) is 16.6. The maximum atomic E-state index is 5.97. The van der Waals surface area contributed by atoms with Crippen LogP contribution in [-0.2, 0) is 19.7 Å². The smallest absolute Gasteiger partial charge is 0.119 e. The van der Waals surface area contributed by atoms with Gasteiger partial charge in [0, 0.05) is 30.5 Å². The van der Waals surface area contributed by atoms with Gasteiger partial charge in [0.25, 0.3) is 0 Å². The van der Waals surface area contributed by atoms with E-state index in [4.69, 9.17) is 16.3 Å². The first kappa shape index (κ1) is 16.5. The highest BCUT2D eigenvalue weighted by molar-refractivity contribution is 6.30. The third kappa shape index (κ3) is 5.08. The van der Waals surface area contributed by atoms with Crippen molar-refractivity contribution in [3.8, 4) is 5.75 Å².